The third kappa shape index (κ3) is 5.02. The van der Waals surface area contributed by atoms with Crippen LogP contribution in [0, 0.1) is 13.8 Å². The van der Waals surface area contributed by atoms with Gasteiger partial charge in [0.1, 0.15) is 0 Å². The minimum Gasteiger partial charge on any atom is -0.462 e. The number of fused-ring (bicyclic) bond motifs is 1. The first-order valence-electron chi connectivity index (χ1n) is 12.5. The highest BCUT2D eigenvalue weighted by Crippen LogP contribution is 2.36. The molecule has 0 atom stereocenters. The van der Waals surface area contributed by atoms with E-state index in [-0.39, 0.29) is 5.91 Å². The zero-order chi connectivity index (χ0) is 26.8. The summed E-state index contributed by atoms with van der Waals surface area (Å²) in [5.74, 6) is -0.499. The first-order chi connectivity index (χ1) is 18.4. The topological polar surface area (TPSA) is 63.9 Å². The first-order valence-corrected chi connectivity index (χ1v) is 13.3. The van der Waals surface area contributed by atoms with E-state index in [0.717, 1.165) is 28.7 Å². The van der Waals surface area contributed by atoms with Gasteiger partial charge in [0.25, 0.3) is 5.91 Å². The van der Waals surface area contributed by atoms with Crippen LogP contribution in [0.15, 0.2) is 82.7 Å². The van der Waals surface area contributed by atoms with E-state index in [2.05, 4.69) is 59.8 Å². The fourth-order valence-corrected chi connectivity index (χ4v) is 5.62. The van der Waals surface area contributed by atoms with Crippen molar-refractivity contribution in [1.82, 2.24) is 9.47 Å². The van der Waals surface area contributed by atoms with Crippen molar-refractivity contribution in [2.24, 2.45) is 4.99 Å². The second-order valence-corrected chi connectivity index (χ2v) is 10.2. The van der Waals surface area contributed by atoms with Crippen LogP contribution in [-0.2, 0) is 16.1 Å². The number of benzene rings is 3. The molecule has 1 aromatic heterocycles. The number of hydrogen-bond acceptors (Lipinski definition) is 5. The van der Waals surface area contributed by atoms with Crippen LogP contribution in [0.4, 0.5) is 5.69 Å². The number of esters is 1. The molecule has 0 unspecified atom stereocenters. The fraction of sp³-hybridized carbons (Fsp3) is 0.194. The molecular formula is C31H29N3O3S. The molecule has 0 radical (unpaired) electrons. The van der Waals surface area contributed by atoms with Gasteiger partial charge in [-0.05, 0) is 68.4 Å². The molecule has 0 bridgehead atoms. The highest BCUT2D eigenvalue weighted by Gasteiger charge is 2.31. The molecule has 192 valence electrons. The van der Waals surface area contributed by atoms with Crippen molar-refractivity contribution in [3.8, 4) is 0 Å². The average molecular weight is 524 g/mol. The van der Waals surface area contributed by atoms with Crippen molar-refractivity contribution in [2.45, 2.75) is 27.3 Å². The molecule has 4 aromatic rings. The van der Waals surface area contributed by atoms with Crippen molar-refractivity contribution in [2.75, 3.05) is 13.7 Å². The Kier molecular flexibility index (Phi) is 7.20. The number of thioether (sulfide) groups is 1. The van der Waals surface area contributed by atoms with Crippen molar-refractivity contribution >= 4 is 51.5 Å². The van der Waals surface area contributed by atoms with Crippen LogP contribution in [0.2, 0.25) is 0 Å². The molecule has 38 heavy (non-hydrogen) atoms. The summed E-state index contributed by atoms with van der Waals surface area (Å²) in [6, 6.07) is 23.8. The Morgan fingerprint density at radius 1 is 1.03 bits per heavy atom. The van der Waals surface area contributed by atoms with Crippen LogP contribution in [0.1, 0.15) is 39.7 Å². The number of ether oxygens (including phenoxy) is 1. The monoisotopic (exact) mass is 523 g/mol. The van der Waals surface area contributed by atoms with Gasteiger partial charge in [0, 0.05) is 35.8 Å². The van der Waals surface area contributed by atoms with Gasteiger partial charge in [-0.15, -0.1) is 0 Å². The van der Waals surface area contributed by atoms with Crippen LogP contribution in [0.25, 0.3) is 17.0 Å². The molecule has 1 amide bonds. The number of para-hydroxylation sites is 1. The molecule has 5 rings (SSSR count). The molecule has 3 aromatic carbocycles. The molecule has 7 heteroatoms. The predicted octanol–water partition coefficient (Wildman–Crippen LogP) is 6.72. The predicted molar refractivity (Wildman–Crippen MR) is 155 cm³/mol. The fourth-order valence-electron chi connectivity index (χ4n) is 4.65. The summed E-state index contributed by atoms with van der Waals surface area (Å²) in [5.41, 5.74) is 6.75. The van der Waals surface area contributed by atoms with Crippen LogP contribution in [0.5, 0.6) is 0 Å². The highest BCUT2D eigenvalue weighted by molar-refractivity contribution is 8.18. The normalized spacial score (nSPS) is 15.7. The van der Waals surface area contributed by atoms with E-state index in [9.17, 15) is 9.59 Å². The van der Waals surface area contributed by atoms with Gasteiger partial charge in [-0.1, -0.05) is 54.1 Å². The van der Waals surface area contributed by atoms with Gasteiger partial charge in [0.05, 0.1) is 22.8 Å². The summed E-state index contributed by atoms with van der Waals surface area (Å²) < 4.78 is 7.40. The van der Waals surface area contributed by atoms with Crippen LogP contribution in [-0.4, -0.2) is 40.2 Å². The van der Waals surface area contributed by atoms with E-state index in [1.54, 1.807) is 43.1 Å². The van der Waals surface area contributed by atoms with E-state index in [1.165, 1.54) is 22.9 Å². The summed E-state index contributed by atoms with van der Waals surface area (Å²) in [4.78, 5) is 32.2. The van der Waals surface area contributed by atoms with E-state index in [0.29, 0.717) is 27.9 Å². The van der Waals surface area contributed by atoms with Crippen molar-refractivity contribution in [1.29, 1.82) is 0 Å². The lowest BCUT2D eigenvalue weighted by molar-refractivity contribution is -0.121. The Labute approximate surface area is 226 Å². The number of nitrogens with zero attached hydrogens (tertiary/aromatic N) is 3. The van der Waals surface area contributed by atoms with E-state index in [4.69, 9.17) is 4.74 Å². The smallest absolute Gasteiger partial charge is 0.338 e. The second kappa shape index (κ2) is 10.7. The van der Waals surface area contributed by atoms with Crippen molar-refractivity contribution < 1.29 is 14.3 Å². The molecule has 0 saturated carbocycles. The molecule has 0 spiro atoms. The Bertz CT molecular complexity index is 1620. The number of carbonyl (C=O) groups excluding carboxylic acids is 2. The van der Waals surface area contributed by atoms with Gasteiger partial charge in [-0.25, -0.2) is 9.79 Å². The molecule has 2 heterocycles. The van der Waals surface area contributed by atoms with Gasteiger partial charge in [0.15, 0.2) is 5.17 Å². The number of likely N-dealkylation sites (N-methyl/N-ethyl adjacent to an activating group) is 1. The van der Waals surface area contributed by atoms with E-state index < -0.39 is 5.97 Å². The molecule has 1 aliphatic rings. The molecule has 1 fully saturated rings. The molecule has 0 N–H and O–H groups in total. The van der Waals surface area contributed by atoms with Gasteiger partial charge in [-0.2, -0.15) is 0 Å². The van der Waals surface area contributed by atoms with Gasteiger partial charge in [-0.3, -0.25) is 9.69 Å². The number of aliphatic imine (C=N–C) groups is 1. The largest absolute Gasteiger partial charge is 0.462 e. The maximum Gasteiger partial charge on any atom is 0.338 e. The minimum absolute atomic E-state index is 0.106. The van der Waals surface area contributed by atoms with Crippen molar-refractivity contribution in [3.05, 3.63) is 106 Å². The molecule has 1 aliphatic heterocycles. The van der Waals surface area contributed by atoms with Crippen LogP contribution < -0.4 is 0 Å². The average Bonchev–Trinajstić information content (AvgIpc) is 3.32. The third-order valence-corrected chi connectivity index (χ3v) is 7.62. The molecule has 6 nitrogen and oxygen atoms in total. The summed E-state index contributed by atoms with van der Waals surface area (Å²) in [5, 5.41) is 1.66. The summed E-state index contributed by atoms with van der Waals surface area (Å²) in [7, 11) is 1.72. The first kappa shape index (κ1) is 25.5. The third-order valence-electron chi connectivity index (χ3n) is 6.56. The standard InChI is InChI=1S/C31H29N3O3S/c1-5-37-30(36)23-12-9-13-24(17-23)32-31-33(4)29(35)28(38-31)18-26-21(3)34(27-15-7-6-14-25(26)27)19-22-11-8-10-20(2)16-22/h6-18H,5,19H2,1-4H3. The lowest BCUT2D eigenvalue weighted by atomic mass is 10.1. The minimum atomic E-state index is -0.392. The van der Waals surface area contributed by atoms with Gasteiger partial charge in [0.2, 0.25) is 0 Å². The number of carbonyl (C=O) groups is 2. The maximum absolute atomic E-state index is 13.2. The number of hydrogen-bond donors (Lipinski definition) is 0. The lowest BCUT2D eigenvalue weighted by Gasteiger charge is -2.09. The summed E-state index contributed by atoms with van der Waals surface area (Å²) in [6.07, 6.45) is 1.98. The zero-order valence-electron chi connectivity index (χ0n) is 21.9. The number of aromatic nitrogens is 1. The Morgan fingerprint density at radius 3 is 2.61 bits per heavy atom. The highest BCUT2D eigenvalue weighted by atomic mass is 32.2. The Balaban J connectivity index is 1.50. The van der Waals surface area contributed by atoms with Crippen LogP contribution >= 0.6 is 11.8 Å². The zero-order valence-corrected chi connectivity index (χ0v) is 22.7. The van der Waals surface area contributed by atoms with E-state index in [1.807, 2.05) is 18.2 Å². The van der Waals surface area contributed by atoms with Gasteiger partial charge < -0.3 is 9.30 Å². The van der Waals surface area contributed by atoms with Crippen molar-refractivity contribution in [3.63, 3.8) is 0 Å². The SMILES string of the molecule is CCOC(=O)c1cccc(N=C2SC(=Cc3c(C)n(Cc4cccc(C)c4)c4ccccc34)C(=O)N2C)c1. The number of amidine groups is 1. The Morgan fingerprint density at radius 2 is 1.82 bits per heavy atom. The number of amides is 1. The quantitative estimate of drug-likeness (QED) is 0.208. The molecule has 0 aliphatic carbocycles. The molecule has 1 saturated heterocycles. The number of aryl methyl sites for hydroxylation is 1. The van der Waals surface area contributed by atoms with Crippen LogP contribution in [0.3, 0.4) is 0 Å². The lowest BCUT2D eigenvalue weighted by Crippen LogP contribution is -2.23. The maximum atomic E-state index is 13.2. The van der Waals surface area contributed by atoms with E-state index >= 15 is 0 Å². The van der Waals surface area contributed by atoms with Gasteiger partial charge >= 0.3 is 5.97 Å². The number of rotatable bonds is 6. The summed E-state index contributed by atoms with van der Waals surface area (Å²) >= 11 is 1.34. The summed E-state index contributed by atoms with van der Waals surface area (Å²) in [6.45, 7) is 7.03. The Hall–Kier alpha value is -4.10. The molecular weight excluding hydrogens is 494 g/mol. The second-order valence-electron chi connectivity index (χ2n) is 9.23.